The summed E-state index contributed by atoms with van der Waals surface area (Å²) in [7, 11) is 0. The normalized spacial score (nSPS) is 28.1. The number of hydrogen-bond acceptors (Lipinski definition) is 6. The van der Waals surface area contributed by atoms with Gasteiger partial charge >= 0.3 is 6.09 Å². The summed E-state index contributed by atoms with van der Waals surface area (Å²) in [5.41, 5.74) is 3.22. The molecule has 0 aliphatic carbocycles. The average Bonchev–Trinajstić information content (AvgIpc) is 3.51. The van der Waals surface area contributed by atoms with Crippen LogP contribution in [0.1, 0.15) is 23.1 Å². The van der Waals surface area contributed by atoms with Gasteiger partial charge in [-0.25, -0.2) is 4.79 Å². The summed E-state index contributed by atoms with van der Waals surface area (Å²) in [4.78, 5) is 14.6. The summed E-state index contributed by atoms with van der Waals surface area (Å²) in [6.45, 7) is 2.03. The molecule has 7 heteroatoms. The van der Waals surface area contributed by atoms with Gasteiger partial charge in [0.1, 0.15) is 24.9 Å². The minimum Gasteiger partial charge on any atom is -0.447 e. The Balaban J connectivity index is 1.25. The van der Waals surface area contributed by atoms with Crippen LogP contribution in [0.15, 0.2) is 91.0 Å². The molecule has 3 aliphatic rings. The van der Waals surface area contributed by atoms with E-state index >= 15 is 0 Å². The summed E-state index contributed by atoms with van der Waals surface area (Å²) in [5.74, 6) is 0. The van der Waals surface area contributed by atoms with Crippen molar-refractivity contribution in [2.75, 3.05) is 13.2 Å². The lowest BCUT2D eigenvalue weighted by molar-refractivity contribution is -0.233. The van der Waals surface area contributed by atoms with Gasteiger partial charge in [0.2, 0.25) is 0 Å². The Morgan fingerprint density at radius 1 is 0.737 bits per heavy atom. The molecule has 7 nitrogen and oxygen atoms in total. The molecule has 6 atom stereocenters. The van der Waals surface area contributed by atoms with Gasteiger partial charge in [0, 0.05) is 0 Å². The molecular formula is C31H33NO6. The minimum absolute atomic E-state index is 0.0147. The number of hydrogen-bond donors (Lipinski definition) is 0. The predicted molar refractivity (Wildman–Crippen MR) is 140 cm³/mol. The number of carbonyl (C=O) groups is 1. The second kappa shape index (κ2) is 11.7. The molecule has 0 spiro atoms. The van der Waals surface area contributed by atoms with Crippen LogP contribution in [0.3, 0.4) is 0 Å². The zero-order valence-electron chi connectivity index (χ0n) is 21.3. The summed E-state index contributed by atoms with van der Waals surface area (Å²) in [6.07, 6.45) is -0.958. The first-order valence-corrected chi connectivity index (χ1v) is 13.3. The fourth-order valence-corrected chi connectivity index (χ4v) is 5.75. The van der Waals surface area contributed by atoms with Gasteiger partial charge in [-0.15, -0.1) is 0 Å². The van der Waals surface area contributed by atoms with Gasteiger partial charge in [-0.2, -0.15) is 0 Å². The van der Waals surface area contributed by atoms with Crippen molar-refractivity contribution in [3.05, 3.63) is 108 Å². The molecule has 0 radical (unpaired) electrons. The molecule has 2 unspecified atom stereocenters. The largest absolute Gasteiger partial charge is 0.447 e. The van der Waals surface area contributed by atoms with Crippen molar-refractivity contribution < 1.29 is 28.5 Å². The van der Waals surface area contributed by atoms with Crippen LogP contribution in [0.2, 0.25) is 0 Å². The standard InChI is InChI=1S/C31H33NO6/c33-31-32-25(20-37-31)16-26-28(32)30(36-19-24-14-8-3-9-15-24)29(35-18-23-12-6-2-7-13-23)27(38-26)21-34-17-22-10-4-1-5-11-22/h1-15,25-30H,16-21H2/t25-,26-,27?,28?,29-,30+/m0/s1. The molecule has 0 saturated carbocycles. The molecule has 3 saturated heterocycles. The molecule has 3 aliphatic heterocycles. The second-order valence-corrected chi connectivity index (χ2v) is 10.1. The van der Waals surface area contributed by atoms with Crippen molar-refractivity contribution in [1.29, 1.82) is 0 Å². The summed E-state index contributed by atoms with van der Waals surface area (Å²) >= 11 is 0. The zero-order chi connectivity index (χ0) is 25.7. The van der Waals surface area contributed by atoms with Crippen molar-refractivity contribution in [3.8, 4) is 0 Å². The number of cyclic esters (lactones) is 1. The average molecular weight is 516 g/mol. The minimum atomic E-state index is -0.442. The first-order valence-electron chi connectivity index (χ1n) is 13.3. The molecule has 198 valence electrons. The molecule has 6 rings (SSSR count). The van der Waals surface area contributed by atoms with E-state index in [9.17, 15) is 4.79 Å². The van der Waals surface area contributed by atoms with Crippen LogP contribution in [0, 0.1) is 0 Å². The lowest BCUT2D eigenvalue weighted by Gasteiger charge is -2.45. The van der Waals surface area contributed by atoms with Gasteiger partial charge in [-0.05, 0) is 23.1 Å². The maximum Gasteiger partial charge on any atom is 0.410 e. The number of fused-ring (bicyclic) bond motifs is 3. The van der Waals surface area contributed by atoms with Gasteiger partial charge in [0.15, 0.2) is 0 Å². The fourth-order valence-electron chi connectivity index (χ4n) is 5.75. The monoisotopic (exact) mass is 515 g/mol. The van der Waals surface area contributed by atoms with E-state index in [1.54, 1.807) is 0 Å². The van der Waals surface area contributed by atoms with Crippen LogP contribution in [-0.2, 0) is 43.5 Å². The molecule has 1 amide bonds. The molecule has 3 aromatic rings. The quantitative estimate of drug-likeness (QED) is 0.389. The number of ether oxygens (including phenoxy) is 5. The topological polar surface area (TPSA) is 66.5 Å². The molecule has 0 N–H and O–H groups in total. The van der Waals surface area contributed by atoms with Gasteiger partial charge in [-0.1, -0.05) is 91.0 Å². The van der Waals surface area contributed by atoms with E-state index in [2.05, 4.69) is 0 Å². The van der Waals surface area contributed by atoms with Crippen LogP contribution < -0.4 is 0 Å². The van der Waals surface area contributed by atoms with Gasteiger partial charge < -0.3 is 23.7 Å². The summed E-state index contributed by atoms with van der Waals surface area (Å²) in [5, 5.41) is 0. The highest BCUT2D eigenvalue weighted by Gasteiger charge is 2.59. The molecule has 3 heterocycles. The predicted octanol–water partition coefficient (Wildman–Crippen LogP) is 4.73. The SMILES string of the molecule is O=C1OC[C@@H]2C[C@@H]3OC(COCc4ccccc4)[C@H](OCc4ccccc4)[C@H](OCc4ccccc4)C3N12. The third-order valence-electron chi connectivity index (χ3n) is 7.55. The highest BCUT2D eigenvalue weighted by atomic mass is 16.6. The van der Waals surface area contributed by atoms with Crippen molar-refractivity contribution in [3.63, 3.8) is 0 Å². The number of carbonyl (C=O) groups excluding carboxylic acids is 1. The Bertz CT molecular complexity index is 1180. The highest BCUT2D eigenvalue weighted by Crippen LogP contribution is 2.41. The van der Waals surface area contributed by atoms with Crippen LogP contribution in [0.25, 0.3) is 0 Å². The van der Waals surface area contributed by atoms with Crippen molar-refractivity contribution >= 4 is 6.09 Å². The van der Waals surface area contributed by atoms with Crippen LogP contribution >= 0.6 is 0 Å². The van der Waals surface area contributed by atoms with Crippen LogP contribution in [-0.4, -0.2) is 60.7 Å². The Labute approximate surface area is 223 Å². The maximum atomic E-state index is 12.8. The number of benzene rings is 3. The molecule has 0 bridgehead atoms. The lowest BCUT2D eigenvalue weighted by atomic mass is 9.92. The third kappa shape index (κ3) is 5.47. The van der Waals surface area contributed by atoms with E-state index in [1.807, 2.05) is 95.9 Å². The first kappa shape index (κ1) is 25.1. The van der Waals surface area contributed by atoms with E-state index in [0.717, 1.165) is 16.7 Å². The number of nitrogens with zero attached hydrogens (tertiary/aromatic N) is 1. The Hall–Kier alpha value is -3.23. The Kier molecular flexibility index (Phi) is 7.69. The molecule has 0 aromatic heterocycles. The van der Waals surface area contributed by atoms with Gasteiger partial charge in [0.05, 0.1) is 44.6 Å². The first-order chi connectivity index (χ1) is 18.8. The van der Waals surface area contributed by atoms with Crippen molar-refractivity contribution in [1.82, 2.24) is 4.90 Å². The molecule has 38 heavy (non-hydrogen) atoms. The number of amides is 1. The Morgan fingerprint density at radius 2 is 1.29 bits per heavy atom. The maximum absolute atomic E-state index is 12.8. The van der Waals surface area contributed by atoms with Crippen molar-refractivity contribution in [2.24, 2.45) is 0 Å². The third-order valence-corrected chi connectivity index (χ3v) is 7.55. The van der Waals surface area contributed by atoms with Gasteiger partial charge in [0.25, 0.3) is 0 Å². The lowest BCUT2D eigenvalue weighted by Crippen LogP contribution is -2.62. The molecule has 3 aromatic carbocycles. The second-order valence-electron chi connectivity index (χ2n) is 10.1. The van der Waals surface area contributed by atoms with E-state index in [4.69, 9.17) is 23.7 Å². The van der Waals surface area contributed by atoms with E-state index in [1.165, 1.54) is 0 Å². The summed E-state index contributed by atoms with van der Waals surface area (Å²) < 4.78 is 31.4. The summed E-state index contributed by atoms with van der Waals surface area (Å²) in [6, 6.07) is 29.9. The zero-order valence-corrected chi connectivity index (χ0v) is 21.3. The van der Waals surface area contributed by atoms with Crippen molar-refractivity contribution in [2.45, 2.75) is 62.7 Å². The van der Waals surface area contributed by atoms with Gasteiger partial charge in [-0.3, -0.25) is 4.90 Å². The van der Waals surface area contributed by atoms with E-state index in [0.29, 0.717) is 39.5 Å². The molecule has 3 fully saturated rings. The Morgan fingerprint density at radius 3 is 1.89 bits per heavy atom. The molecular weight excluding hydrogens is 482 g/mol. The van der Waals surface area contributed by atoms with E-state index in [-0.39, 0.29) is 30.4 Å². The van der Waals surface area contributed by atoms with Crippen LogP contribution in [0.5, 0.6) is 0 Å². The highest BCUT2D eigenvalue weighted by molar-refractivity contribution is 5.71. The smallest absolute Gasteiger partial charge is 0.410 e. The van der Waals surface area contributed by atoms with E-state index < -0.39 is 12.2 Å². The fraction of sp³-hybridized carbons (Fsp3) is 0.387. The number of rotatable bonds is 10. The van der Waals surface area contributed by atoms with Crippen LogP contribution in [0.4, 0.5) is 4.79 Å².